The van der Waals surface area contributed by atoms with Crippen LogP contribution in [0.5, 0.6) is 0 Å². The molecule has 0 aliphatic heterocycles. The van der Waals surface area contributed by atoms with Crippen molar-refractivity contribution >= 4 is 23.1 Å². The van der Waals surface area contributed by atoms with E-state index in [0.717, 1.165) is 32.1 Å². The van der Waals surface area contributed by atoms with Crippen molar-refractivity contribution in [3.63, 3.8) is 0 Å². The van der Waals surface area contributed by atoms with Crippen LogP contribution in [-0.4, -0.2) is 18.2 Å². The van der Waals surface area contributed by atoms with Gasteiger partial charge in [0, 0.05) is 29.9 Å². The molecule has 2 rings (SSSR count). The first-order valence-corrected chi connectivity index (χ1v) is 9.10. The highest BCUT2D eigenvalue weighted by Crippen LogP contribution is 2.15. The highest BCUT2D eigenvalue weighted by atomic mass is 16.1. The van der Waals surface area contributed by atoms with E-state index in [0.29, 0.717) is 35.5 Å². The Kier molecular flexibility index (Phi) is 7.68. The van der Waals surface area contributed by atoms with Gasteiger partial charge in [-0.05, 0) is 37.1 Å². The number of rotatable bonds is 10. The summed E-state index contributed by atoms with van der Waals surface area (Å²) in [6, 6.07) is 14.3. The number of para-hydroxylation sites is 2. The average Bonchev–Trinajstić information content (AvgIpc) is 2.64. The summed E-state index contributed by atoms with van der Waals surface area (Å²) in [5.41, 5.74) is 13.8. The number of amides is 1. The number of unbranched alkanes of at least 4 members (excludes halogenated alkanes) is 4. The predicted octanol–water partition coefficient (Wildman–Crippen LogP) is 3.80. The van der Waals surface area contributed by atoms with Crippen molar-refractivity contribution < 1.29 is 9.59 Å². The number of anilines is 2. The van der Waals surface area contributed by atoms with Gasteiger partial charge in [-0.15, -0.1) is 0 Å². The summed E-state index contributed by atoms with van der Waals surface area (Å²) in [5, 5.41) is 2.89. The zero-order valence-electron chi connectivity index (χ0n) is 15.0. The molecular weight excluding hydrogens is 326 g/mol. The second-order valence-electron chi connectivity index (χ2n) is 6.37. The van der Waals surface area contributed by atoms with Crippen LogP contribution in [0.3, 0.4) is 0 Å². The van der Waals surface area contributed by atoms with Gasteiger partial charge in [0.15, 0.2) is 5.78 Å². The van der Waals surface area contributed by atoms with Crippen molar-refractivity contribution in [2.45, 2.75) is 38.5 Å². The molecule has 0 saturated carbocycles. The highest BCUT2D eigenvalue weighted by Gasteiger charge is 2.09. The maximum atomic E-state index is 12.1. The van der Waals surface area contributed by atoms with Gasteiger partial charge in [-0.1, -0.05) is 43.5 Å². The van der Waals surface area contributed by atoms with E-state index in [1.165, 1.54) is 0 Å². The quantitative estimate of drug-likeness (QED) is 0.344. The van der Waals surface area contributed by atoms with Crippen molar-refractivity contribution in [1.29, 1.82) is 0 Å². The molecule has 0 unspecified atom stereocenters. The van der Waals surface area contributed by atoms with Gasteiger partial charge < -0.3 is 16.8 Å². The number of Topliss-reactive ketones (excluding diaryl/α,β-unsaturated/α-hetero) is 1. The monoisotopic (exact) mass is 353 g/mol. The highest BCUT2D eigenvalue weighted by molar-refractivity contribution is 6.00. The number of nitrogens with one attached hydrogen (secondary N) is 1. The first kappa shape index (κ1) is 19.5. The second kappa shape index (κ2) is 10.2. The fourth-order valence-corrected chi connectivity index (χ4v) is 2.83. The number of carbonyl (C=O) groups excluding carboxylic acids is 2. The van der Waals surface area contributed by atoms with E-state index in [4.69, 9.17) is 11.5 Å². The van der Waals surface area contributed by atoms with E-state index in [2.05, 4.69) is 5.32 Å². The summed E-state index contributed by atoms with van der Waals surface area (Å²) >= 11 is 0. The van der Waals surface area contributed by atoms with Crippen molar-refractivity contribution in [3.05, 3.63) is 59.7 Å². The Bertz CT molecular complexity index is 680. The van der Waals surface area contributed by atoms with Crippen LogP contribution in [0.2, 0.25) is 0 Å². The minimum atomic E-state index is -0.130. The standard InChI is InChI=1S/C21H27N3O2/c22-18-12-7-5-10-16(18)20(25)14-4-2-1-3-9-15-24-21(26)17-11-6-8-13-19(17)23/h5-8,10-13H,1-4,9,14-15,22-23H2,(H,24,26). The summed E-state index contributed by atoms with van der Waals surface area (Å²) in [7, 11) is 0. The molecule has 0 aliphatic carbocycles. The number of benzene rings is 2. The number of nitrogen functional groups attached to an aromatic ring is 2. The van der Waals surface area contributed by atoms with Crippen molar-refractivity contribution in [2.24, 2.45) is 0 Å². The molecule has 1 amide bonds. The van der Waals surface area contributed by atoms with Gasteiger partial charge in [0.1, 0.15) is 0 Å². The number of hydrogen-bond acceptors (Lipinski definition) is 4. The van der Waals surface area contributed by atoms with Crippen molar-refractivity contribution in [2.75, 3.05) is 18.0 Å². The van der Waals surface area contributed by atoms with Crippen molar-refractivity contribution in [1.82, 2.24) is 5.32 Å². The van der Waals surface area contributed by atoms with Gasteiger partial charge in [0.25, 0.3) is 5.91 Å². The van der Waals surface area contributed by atoms with Crippen LogP contribution in [-0.2, 0) is 0 Å². The van der Waals surface area contributed by atoms with Crippen LogP contribution in [0, 0.1) is 0 Å². The van der Waals surface area contributed by atoms with Gasteiger partial charge >= 0.3 is 0 Å². The van der Waals surface area contributed by atoms with E-state index in [1.807, 2.05) is 18.2 Å². The van der Waals surface area contributed by atoms with Crippen molar-refractivity contribution in [3.8, 4) is 0 Å². The normalized spacial score (nSPS) is 10.5. The topological polar surface area (TPSA) is 98.2 Å². The first-order valence-electron chi connectivity index (χ1n) is 9.10. The Labute approximate surface area is 154 Å². The molecule has 0 bridgehead atoms. The minimum absolute atomic E-state index is 0.107. The fraction of sp³-hybridized carbons (Fsp3) is 0.333. The summed E-state index contributed by atoms with van der Waals surface area (Å²) in [6.45, 7) is 0.632. The lowest BCUT2D eigenvalue weighted by molar-refractivity contribution is 0.0950. The summed E-state index contributed by atoms with van der Waals surface area (Å²) in [5.74, 6) is -0.0232. The molecule has 26 heavy (non-hydrogen) atoms. The molecule has 0 heterocycles. The zero-order valence-corrected chi connectivity index (χ0v) is 15.0. The molecule has 5 heteroatoms. The predicted molar refractivity (Wildman–Crippen MR) is 106 cm³/mol. The van der Waals surface area contributed by atoms with Crippen LogP contribution in [0.1, 0.15) is 59.2 Å². The average molecular weight is 353 g/mol. The Balaban J connectivity index is 1.55. The molecule has 2 aromatic carbocycles. The van der Waals surface area contributed by atoms with Crippen LogP contribution < -0.4 is 16.8 Å². The van der Waals surface area contributed by atoms with Crippen LogP contribution >= 0.6 is 0 Å². The Hall–Kier alpha value is -2.82. The number of hydrogen-bond donors (Lipinski definition) is 3. The Morgan fingerprint density at radius 3 is 1.92 bits per heavy atom. The maximum absolute atomic E-state index is 12.1. The largest absolute Gasteiger partial charge is 0.398 e. The van der Waals surface area contributed by atoms with Crippen LogP contribution in [0.4, 0.5) is 11.4 Å². The molecule has 0 saturated heterocycles. The van der Waals surface area contributed by atoms with E-state index < -0.39 is 0 Å². The van der Waals surface area contributed by atoms with E-state index in [9.17, 15) is 9.59 Å². The summed E-state index contributed by atoms with van der Waals surface area (Å²) < 4.78 is 0. The van der Waals surface area contributed by atoms with E-state index in [1.54, 1.807) is 30.3 Å². The van der Waals surface area contributed by atoms with Gasteiger partial charge in [0.2, 0.25) is 0 Å². The van der Waals surface area contributed by atoms with Gasteiger partial charge in [0.05, 0.1) is 5.56 Å². The number of nitrogens with two attached hydrogens (primary N) is 2. The van der Waals surface area contributed by atoms with Gasteiger partial charge in [-0.2, -0.15) is 0 Å². The smallest absolute Gasteiger partial charge is 0.253 e. The maximum Gasteiger partial charge on any atom is 0.253 e. The molecule has 0 spiro atoms. The molecule has 0 fully saturated rings. The molecule has 0 radical (unpaired) electrons. The van der Waals surface area contributed by atoms with Gasteiger partial charge in [-0.25, -0.2) is 0 Å². The first-order chi connectivity index (χ1) is 12.6. The molecular formula is C21H27N3O2. The summed E-state index contributed by atoms with van der Waals surface area (Å²) in [6.07, 6.45) is 5.36. The minimum Gasteiger partial charge on any atom is -0.398 e. The van der Waals surface area contributed by atoms with Gasteiger partial charge in [-0.3, -0.25) is 9.59 Å². The molecule has 0 aliphatic rings. The lowest BCUT2D eigenvalue weighted by Gasteiger charge is -2.07. The fourth-order valence-electron chi connectivity index (χ4n) is 2.83. The second-order valence-corrected chi connectivity index (χ2v) is 6.37. The molecule has 0 atom stereocenters. The molecule has 138 valence electrons. The van der Waals surface area contributed by atoms with Crippen LogP contribution in [0.25, 0.3) is 0 Å². The molecule has 0 aromatic heterocycles. The van der Waals surface area contributed by atoms with E-state index >= 15 is 0 Å². The third-order valence-corrected chi connectivity index (χ3v) is 4.33. The summed E-state index contributed by atoms with van der Waals surface area (Å²) in [4.78, 5) is 24.1. The molecule has 5 N–H and O–H groups in total. The lowest BCUT2D eigenvalue weighted by atomic mass is 10.0. The number of carbonyl (C=O) groups is 2. The Morgan fingerprint density at radius 2 is 1.27 bits per heavy atom. The van der Waals surface area contributed by atoms with E-state index in [-0.39, 0.29) is 11.7 Å². The zero-order chi connectivity index (χ0) is 18.8. The molecule has 5 nitrogen and oxygen atoms in total. The molecule has 2 aromatic rings. The lowest BCUT2D eigenvalue weighted by Crippen LogP contribution is -2.25. The third-order valence-electron chi connectivity index (χ3n) is 4.33. The number of ketones is 1. The SMILES string of the molecule is Nc1ccccc1C(=O)CCCCCCCNC(=O)c1ccccc1N. The Morgan fingerprint density at radius 1 is 0.731 bits per heavy atom. The van der Waals surface area contributed by atoms with Crippen LogP contribution in [0.15, 0.2) is 48.5 Å². The third kappa shape index (κ3) is 5.92.